The molecule has 11 heavy (non-hydrogen) atoms. The number of aryl methyl sites for hydroxylation is 1. The topological polar surface area (TPSA) is 38.9 Å². The lowest BCUT2D eigenvalue weighted by atomic mass is 10.2. The van der Waals surface area contributed by atoms with E-state index in [0.29, 0.717) is 11.7 Å². The summed E-state index contributed by atoms with van der Waals surface area (Å²) in [5, 5.41) is 0.580. The van der Waals surface area contributed by atoms with Gasteiger partial charge in [-0.2, -0.15) is 0 Å². The molecule has 0 aliphatic carbocycles. The molecule has 2 N–H and O–H groups in total. The first-order chi connectivity index (χ1) is 5.24. The van der Waals surface area contributed by atoms with Crippen molar-refractivity contribution >= 4 is 11.6 Å². The van der Waals surface area contributed by atoms with Gasteiger partial charge in [-0.25, -0.2) is 4.98 Å². The first kappa shape index (κ1) is 8.50. The van der Waals surface area contributed by atoms with Gasteiger partial charge in [0.1, 0.15) is 5.15 Å². The summed E-state index contributed by atoms with van der Waals surface area (Å²) < 4.78 is 0. The molecular formula is C8H11ClN2. The Labute approximate surface area is 71.4 Å². The number of nitrogens with zero attached hydrogens (tertiary/aromatic N) is 1. The maximum Gasteiger partial charge on any atom is 0.132 e. The lowest BCUT2D eigenvalue weighted by Gasteiger charge is -2.00. The Bertz CT molecular complexity index is 248. The number of aromatic nitrogens is 1. The van der Waals surface area contributed by atoms with Crippen LogP contribution >= 0.6 is 11.6 Å². The Balaban J connectivity index is 2.86. The van der Waals surface area contributed by atoms with E-state index in [-0.39, 0.29) is 0 Å². The number of rotatable bonds is 2. The van der Waals surface area contributed by atoms with E-state index in [9.17, 15) is 0 Å². The Hall–Kier alpha value is -0.600. The van der Waals surface area contributed by atoms with Gasteiger partial charge in [0, 0.05) is 12.1 Å². The molecular weight excluding hydrogens is 160 g/mol. The van der Waals surface area contributed by atoms with E-state index >= 15 is 0 Å². The summed E-state index contributed by atoms with van der Waals surface area (Å²) in [6.07, 6.45) is 0.792. The lowest BCUT2D eigenvalue weighted by molar-refractivity contribution is 0.920. The third-order valence-electron chi connectivity index (χ3n) is 1.49. The van der Waals surface area contributed by atoms with Crippen LogP contribution in [0.15, 0.2) is 12.1 Å². The van der Waals surface area contributed by atoms with Crippen molar-refractivity contribution in [2.45, 2.75) is 13.3 Å². The van der Waals surface area contributed by atoms with Crippen molar-refractivity contribution in [1.29, 1.82) is 0 Å². The van der Waals surface area contributed by atoms with Crippen LogP contribution in [0.4, 0.5) is 0 Å². The van der Waals surface area contributed by atoms with Crippen molar-refractivity contribution in [3.8, 4) is 0 Å². The minimum atomic E-state index is 0.580. The molecule has 0 unspecified atom stereocenters. The second-order valence-corrected chi connectivity index (χ2v) is 2.81. The third-order valence-corrected chi connectivity index (χ3v) is 1.88. The summed E-state index contributed by atoms with van der Waals surface area (Å²) in [6, 6.07) is 3.91. The highest BCUT2D eigenvalue weighted by Gasteiger charge is 1.97. The standard InChI is InChI=1S/C8H11ClN2/c1-6-2-3-7(4-5-10)11-8(6)9/h2-3H,4-5,10H2,1H3. The van der Waals surface area contributed by atoms with Crippen molar-refractivity contribution in [3.05, 3.63) is 28.5 Å². The fourth-order valence-corrected chi connectivity index (χ4v) is 1.00. The van der Waals surface area contributed by atoms with E-state index in [2.05, 4.69) is 4.98 Å². The quantitative estimate of drug-likeness (QED) is 0.684. The molecule has 0 saturated heterocycles. The van der Waals surface area contributed by atoms with Crippen LogP contribution in [-0.4, -0.2) is 11.5 Å². The van der Waals surface area contributed by atoms with Crippen molar-refractivity contribution in [2.75, 3.05) is 6.54 Å². The minimum absolute atomic E-state index is 0.580. The molecule has 0 aliphatic heterocycles. The molecule has 1 rings (SSSR count). The van der Waals surface area contributed by atoms with E-state index < -0.39 is 0 Å². The molecule has 0 aliphatic rings. The summed E-state index contributed by atoms with van der Waals surface area (Å²) in [5.74, 6) is 0. The van der Waals surface area contributed by atoms with Crippen molar-refractivity contribution in [1.82, 2.24) is 4.98 Å². The van der Waals surface area contributed by atoms with E-state index in [0.717, 1.165) is 17.7 Å². The molecule has 1 aromatic rings. The maximum atomic E-state index is 5.80. The number of halogens is 1. The molecule has 0 bridgehead atoms. The first-order valence-electron chi connectivity index (χ1n) is 3.56. The van der Waals surface area contributed by atoms with Gasteiger partial charge in [-0.15, -0.1) is 0 Å². The van der Waals surface area contributed by atoms with Gasteiger partial charge >= 0.3 is 0 Å². The van der Waals surface area contributed by atoms with Gasteiger partial charge in [0.2, 0.25) is 0 Å². The van der Waals surface area contributed by atoms with Crippen molar-refractivity contribution in [3.63, 3.8) is 0 Å². The van der Waals surface area contributed by atoms with Crippen LogP contribution in [0.2, 0.25) is 5.15 Å². The monoisotopic (exact) mass is 170 g/mol. The van der Waals surface area contributed by atoms with Crippen LogP contribution in [0.5, 0.6) is 0 Å². The van der Waals surface area contributed by atoms with Crippen LogP contribution in [0.3, 0.4) is 0 Å². The van der Waals surface area contributed by atoms with Gasteiger partial charge in [0.15, 0.2) is 0 Å². The highest BCUT2D eigenvalue weighted by molar-refractivity contribution is 6.30. The average Bonchev–Trinajstić information content (AvgIpc) is 1.98. The summed E-state index contributed by atoms with van der Waals surface area (Å²) >= 11 is 5.80. The molecule has 0 spiro atoms. The summed E-state index contributed by atoms with van der Waals surface area (Å²) in [7, 11) is 0. The zero-order valence-electron chi connectivity index (χ0n) is 6.47. The van der Waals surface area contributed by atoms with Gasteiger partial charge in [0.25, 0.3) is 0 Å². The molecule has 1 heterocycles. The largest absolute Gasteiger partial charge is 0.330 e. The van der Waals surface area contributed by atoms with E-state index in [1.807, 2.05) is 19.1 Å². The Morgan fingerprint density at radius 1 is 1.55 bits per heavy atom. The summed E-state index contributed by atoms with van der Waals surface area (Å²) in [4.78, 5) is 4.15. The molecule has 0 atom stereocenters. The Morgan fingerprint density at radius 2 is 2.27 bits per heavy atom. The number of hydrogen-bond donors (Lipinski definition) is 1. The van der Waals surface area contributed by atoms with Crippen LogP contribution in [-0.2, 0) is 6.42 Å². The predicted octanol–water partition coefficient (Wildman–Crippen LogP) is 1.54. The SMILES string of the molecule is Cc1ccc(CCN)nc1Cl. The third kappa shape index (κ3) is 2.17. The van der Waals surface area contributed by atoms with Gasteiger partial charge in [-0.1, -0.05) is 17.7 Å². The maximum absolute atomic E-state index is 5.80. The van der Waals surface area contributed by atoms with Crippen molar-refractivity contribution < 1.29 is 0 Å². The highest BCUT2D eigenvalue weighted by atomic mass is 35.5. The Morgan fingerprint density at radius 3 is 2.82 bits per heavy atom. The fraction of sp³-hybridized carbons (Fsp3) is 0.375. The smallest absolute Gasteiger partial charge is 0.132 e. The molecule has 60 valence electrons. The van der Waals surface area contributed by atoms with E-state index in [4.69, 9.17) is 17.3 Å². The molecule has 0 fully saturated rings. The number of pyridine rings is 1. The zero-order valence-corrected chi connectivity index (χ0v) is 7.23. The second kappa shape index (κ2) is 3.69. The highest BCUT2D eigenvalue weighted by Crippen LogP contribution is 2.11. The zero-order chi connectivity index (χ0) is 8.27. The van der Waals surface area contributed by atoms with Crippen LogP contribution in [0.1, 0.15) is 11.3 Å². The second-order valence-electron chi connectivity index (χ2n) is 2.45. The fourth-order valence-electron chi connectivity index (χ4n) is 0.829. The number of nitrogens with two attached hydrogens (primary N) is 1. The van der Waals surface area contributed by atoms with Crippen LogP contribution in [0, 0.1) is 6.92 Å². The Kier molecular flexibility index (Phi) is 2.85. The van der Waals surface area contributed by atoms with Crippen LogP contribution in [0.25, 0.3) is 0 Å². The number of hydrogen-bond acceptors (Lipinski definition) is 2. The molecule has 0 saturated carbocycles. The minimum Gasteiger partial charge on any atom is -0.330 e. The molecule has 3 heteroatoms. The molecule has 2 nitrogen and oxygen atoms in total. The van der Waals surface area contributed by atoms with Crippen LogP contribution < -0.4 is 5.73 Å². The van der Waals surface area contributed by atoms with Crippen molar-refractivity contribution in [2.24, 2.45) is 5.73 Å². The van der Waals surface area contributed by atoms with E-state index in [1.165, 1.54) is 0 Å². The predicted molar refractivity (Wildman–Crippen MR) is 46.7 cm³/mol. The molecule has 0 amide bonds. The average molecular weight is 171 g/mol. The van der Waals surface area contributed by atoms with Gasteiger partial charge in [0.05, 0.1) is 0 Å². The van der Waals surface area contributed by atoms with Gasteiger partial charge < -0.3 is 5.73 Å². The molecule has 0 aromatic carbocycles. The summed E-state index contributed by atoms with van der Waals surface area (Å²) in [5.41, 5.74) is 7.33. The molecule has 1 aromatic heterocycles. The lowest BCUT2D eigenvalue weighted by Crippen LogP contribution is -2.04. The van der Waals surface area contributed by atoms with Gasteiger partial charge in [-0.05, 0) is 25.1 Å². The molecule has 0 radical (unpaired) electrons. The summed E-state index contributed by atoms with van der Waals surface area (Å²) in [6.45, 7) is 2.55. The normalized spacial score (nSPS) is 10.1. The van der Waals surface area contributed by atoms with Gasteiger partial charge in [-0.3, -0.25) is 0 Å². The first-order valence-corrected chi connectivity index (χ1v) is 3.94. The van der Waals surface area contributed by atoms with E-state index in [1.54, 1.807) is 0 Å².